The zero-order valence-electron chi connectivity index (χ0n) is 12.7. The summed E-state index contributed by atoms with van der Waals surface area (Å²) in [6.07, 6.45) is 0. The predicted octanol–water partition coefficient (Wildman–Crippen LogP) is 1.38. The topological polar surface area (TPSA) is 93.2 Å². The highest BCUT2D eigenvalue weighted by Crippen LogP contribution is 2.11. The Bertz CT molecular complexity index is 718. The highest BCUT2D eigenvalue weighted by Gasteiger charge is 2.16. The summed E-state index contributed by atoms with van der Waals surface area (Å²) in [4.78, 5) is 22.9. The van der Waals surface area contributed by atoms with Gasteiger partial charge in [-0.05, 0) is 24.3 Å². The SMILES string of the molecule is COC(=O)c1ccc(NCCNC(=O)c2c(F)cccc2F)nn1. The minimum atomic E-state index is -0.926. The first-order chi connectivity index (χ1) is 11.5. The summed E-state index contributed by atoms with van der Waals surface area (Å²) in [5.41, 5.74) is -0.564. The van der Waals surface area contributed by atoms with E-state index in [-0.39, 0.29) is 18.8 Å². The molecule has 1 aromatic heterocycles. The van der Waals surface area contributed by atoms with Gasteiger partial charge in [-0.15, -0.1) is 10.2 Å². The molecule has 1 heterocycles. The molecule has 0 fully saturated rings. The Morgan fingerprint density at radius 3 is 2.38 bits per heavy atom. The van der Waals surface area contributed by atoms with Crippen LogP contribution >= 0.6 is 0 Å². The molecule has 0 aliphatic carbocycles. The van der Waals surface area contributed by atoms with Crippen molar-refractivity contribution in [2.45, 2.75) is 0 Å². The fourth-order valence-electron chi connectivity index (χ4n) is 1.81. The van der Waals surface area contributed by atoms with Crippen LogP contribution in [0.1, 0.15) is 20.8 Å². The minimum Gasteiger partial charge on any atom is -0.464 e. The number of nitrogens with one attached hydrogen (secondary N) is 2. The first kappa shape index (κ1) is 17.3. The summed E-state index contributed by atoms with van der Waals surface area (Å²) >= 11 is 0. The number of carbonyl (C=O) groups excluding carboxylic acids is 2. The third kappa shape index (κ3) is 4.22. The fraction of sp³-hybridized carbons (Fsp3) is 0.200. The van der Waals surface area contributed by atoms with Crippen LogP contribution in [-0.4, -0.2) is 42.3 Å². The van der Waals surface area contributed by atoms with Crippen molar-refractivity contribution in [2.75, 3.05) is 25.5 Å². The molecule has 0 bridgehead atoms. The molecule has 1 aromatic carbocycles. The van der Waals surface area contributed by atoms with Crippen molar-refractivity contribution in [3.63, 3.8) is 0 Å². The molecular weight excluding hydrogens is 322 g/mol. The number of rotatable bonds is 6. The molecule has 0 spiro atoms. The largest absolute Gasteiger partial charge is 0.464 e. The molecule has 9 heteroatoms. The van der Waals surface area contributed by atoms with Gasteiger partial charge in [0.2, 0.25) is 0 Å². The number of halogens is 2. The van der Waals surface area contributed by atoms with Gasteiger partial charge in [0, 0.05) is 13.1 Å². The predicted molar refractivity (Wildman–Crippen MR) is 80.6 cm³/mol. The van der Waals surface area contributed by atoms with Crippen molar-refractivity contribution in [3.8, 4) is 0 Å². The summed E-state index contributed by atoms with van der Waals surface area (Å²) in [6, 6.07) is 6.13. The summed E-state index contributed by atoms with van der Waals surface area (Å²) in [5.74, 6) is -2.93. The highest BCUT2D eigenvalue weighted by molar-refractivity contribution is 5.94. The summed E-state index contributed by atoms with van der Waals surface area (Å²) < 4.78 is 31.4. The van der Waals surface area contributed by atoms with E-state index in [2.05, 4.69) is 25.6 Å². The van der Waals surface area contributed by atoms with Crippen LogP contribution in [0.25, 0.3) is 0 Å². The van der Waals surface area contributed by atoms with Crippen molar-refractivity contribution in [1.82, 2.24) is 15.5 Å². The zero-order valence-corrected chi connectivity index (χ0v) is 12.7. The van der Waals surface area contributed by atoms with Crippen molar-refractivity contribution < 1.29 is 23.1 Å². The number of aromatic nitrogens is 2. The highest BCUT2D eigenvalue weighted by atomic mass is 19.1. The Labute approximate surface area is 136 Å². The minimum absolute atomic E-state index is 0.0615. The van der Waals surface area contributed by atoms with E-state index < -0.39 is 29.1 Å². The second-order valence-electron chi connectivity index (χ2n) is 4.57. The summed E-state index contributed by atoms with van der Waals surface area (Å²) in [7, 11) is 1.23. The average molecular weight is 336 g/mol. The Hall–Kier alpha value is -3.10. The Balaban J connectivity index is 1.82. The van der Waals surface area contributed by atoms with E-state index in [9.17, 15) is 18.4 Å². The maximum atomic E-state index is 13.4. The molecule has 0 saturated heterocycles. The monoisotopic (exact) mass is 336 g/mol. The number of esters is 1. The lowest BCUT2D eigenvalue weighted by Crippen LogP contribution is -2.30. The van der Waals surface area contributed by atoms with Crippen LogP contribution in [-0.2, 0) is 4.74 Å². The van der Waals surface area contributed by atoms with Gasteiger partial charge in [0.25, 0.3) is 5.91 Å². The van der Waals surface area contributed by atoms with Gasteiger partial charge >= 0.3 is 5.97 Å². The number of methoxy groups -OCH3 is 1. The van der Waals surface area contributed by atoms with Crippen LogP contribution in [0.5, 0.6) is 0 Å². The zero-order chi connectivity index (χ0) is 17.5. The van der Waals surface area contributed by atoms with Crippen LogP contribution in [0.2, 0.25) is 0 Å². The van der Waals surface area contributed by atoms with Crippen LogP contribution in [0, 0.1) is 11.6 Å². The second-order valence-corrected chi connectivity index (χ2v) is 4.57. The van der Waals surface area contributed by atoms with Gasteiger partial charge in [0.15, 0.2) is 5.69 Å². The Morgan fingerprint density at radius 2 is 1.79 bits per heavy atom. The van der Waals surface area contributed by atoms with Gasteiger partial charge in [-0.3, -0.25) is 4.79 Å². The molecule has 2 N–H and O–H groups in total. The van der Waals surface area contributed by atoms with E-state index in [0.717, 1.165) is 12.1 Å². The van der Waals surface area contributed by atoms with Gasteiger partial charge in [-0.1, -0.05) is 6.07 Å². The van der Waals surface area contributed by atoms with Gasteiger partial charge in [0.05, 0.1) is 7.11 Å². The summed E-state index contributed by atoms with van der Waals surface area (Å²) in [5, 5.41) is 12.6. The van der Waals surface area contributed by atoms with Gasteiger partial charge < -0.3 is 15.4 Å². The van der Waals surface area contributed by atoms with Crippen LogP contribution in [0.15, 0.2) is 30.3 Å². The molecule has 0 radical (unpaired) electrons. The third-order valence-corrected chi connectivity index (χ3v) is 2.97. The Kier molecular flexibility index (Phi) is 5.72. The number of amides is 1. The van der Waals surface area contributed by atoms with Crippen LogP contribution < -0.4 is 10.6 Å². The average Bonchev–Trinajstić information content (AvgIpc) is 2.58. The van der Waals surface area contributed by atoms with Crippen molar-refractivity contribution in [2.24, 2.45) is 0 Å². The molecule has 7 nitrogen and oxygen atoms in total. The first-order valence-corrected chi connectivity index (χ1v) is 6.91. The first-order valence-electron chi connectivity index (χ1n) is 6.91. The van der Waals surface area contributed by atoms with Crippen molar-refractivity contribution >= 4 is 17.7 Å². The molecule has 126 valence electrons. The lowest BCUT2D eigenvalue weighted by molar-refractivity contribution is 0.0592. The maximum Gasteiger partial charge on any atom is 0.358 e. The third-order valence-electron chi connectivity index (χ3n) is 2.97. The fourth-order valence-corrected chi connectivity index (χ4v) is 1.81. The normalized spacial score (nSPS) is 10.1. The number of nitrogens with zero attached hydrogens (tertiary/aromatic N) is 2. The molecule has 0 aliphatic rings. The number of hydrogen-bond donors (Lipinski definition) is 2. The van der Waals surface area contributed by atoms with E-state index >= 15 is 0 Å². The smallest absolute Gasteiger partial charge is 0.358 e. The molecule has 0 atom stereocenters. The number of anilines is 1. The molecule has 24 heavy (non-hydrogen) atoms. The summed E-state index contributed by atoms with van der Waals surface area (Å²) in [6.45, 7) is 0.348. The van der Waals surface area contributed by atoms with Gasteiger partial charge in [0.1, 0.15) is 23.0 Å². The number of ether oxygens (including phenoxy) is 1. The number of carbonyl (C=O) groups is 2. The molecule has 2 rings (SSSR count). The van der Waals surface area contributed by atoms with E-state index in [0.29, 0.717) is 5.82 Å². The molecule has 0 saturated carbocycles. The van der Waals surface area contributed by atoms with Crippen molar-refractivity contribution in [3.05, 3.63) is 53.2 Å². The van der Waals surface area contributed by atoms with E-state index in [1.165, 1.54) is 25.3 Å². The number of hydrogen-bond acceptors (Lipinski definition) is 6. The van der Waals surface area contributed by atoms with E-state index in [1.54, 1.807) is 0 Å². The quantitative estimate of drug-likeness (QED) is 0.611. The van der Waals surface area contributed by atoms with Crippen LogP contribution in [0.3, 0.4) is 0 Å². The Morgan fingerprint density at radius 1 is 1.08 bits per heavy atom. The standard InChI is InChI=1S/C15H14F2N4O3/c1-24-15(23)11-5-6-12(21-20-11)18-7-8-19-14(22)13-9(16)3-2-4-10(13)17/h2-6H,7-8H2,1H3,(H,18,21)(H,19,22). The molecule has 0 unspecified atom stereocenters. The van der Waals surface area contributed by atoms with Crippen molar-refractivity contribution in [1.29, 1.82) is 0 Å². The second kappa shape index (κ2) is 7.95. The molecule has 2 aromatic rings. The lowest BCUT2D eigenvalue weighted by Gasteiger charge is -2.08. The van der Waals surface area contributed by atoms with E-state index in [4.69, 9.17) is 0 Å². The molecule has 0 aliphatic heterocycles. The lowest BCUT2D eigenvalue weighted by atomic mass is 10.2. The van der Waals surface area contributed by atoms with Gasteiger partial charge in [-0.25, -0.2) is 13.6 Å². The van der Waals surface area contributed by atoms with Crippen LogP contribution in [0.4, 0.5) is 14.6 Å². The van der Waals surface area contributed by atoms with Gasteiger partial charge in [-0.2, -0.15) is 0 Å². The maximum absolute atomic E-state index is 13.4. The number of benzene rings is 1. The molecular formula is C15H14F2N4O3. The molecule has 1 amide bonds. The van der Waals surface area contributed by atoms with E-state index in [1.807, 2.05) is 0 Å².